The topological polar surface area (TPSA) is 99.3 Å². The van der Waals surface area contributed by atoms with Crippen LogP contribution in [0.5, 0.6) is 5.75 Å². The van der Waals surface area contributed by atoms with Crippen molar-refractivity contribution < 1.29 is 9.53 Å². The van der Waals surface area contributed by atoms with Crippen LogP contribution in [0.15, 0.2) is 48.8 Å². The molecule has 0 spiro atoms. The molecule has 0 bridgehead atoms. The van der Waals surface area contributed by atoms with Crippen molar-refractivity contribution in [1.29, 1.82) is 0 Å². The third kappa shape index (κ3) is 6.08. The normalized spacial score (nSPS) is 15.7. The molecule has 1 aliphatic heterocycles. The van der Waals surface area contributed by atoms with Crippen LogP contribution in [0.3, 0.4) is 0 Å². The van der Waals surface area contributed by atoms with Gasteiger partial charge in [0.2, 0.25) is 5.91 Å². The molecule has 2 N–H and O–H groups in total. The molecule has 2 aromatic heterocycles. The number of ether oxygens (including phenoxy) is 1. The average Bonchev–Trinajstić information content (AvgIpc) is 3.45. The zero-order chi connectivity index (χ0) is 23.0. The van der Waals surface area contributed by atoms with E-state index < -0.39 is 0 Å². The van der Waals surface area contributed by atoms with E-state index in [1.165, 1.54) is 6.33 Å². The standard InChI is InChI=1S/C24H27N7O2/c1-30(2)13-6-11-21(32)31-14-12-18(16-31)27-23-22-24(26-17-25-23)29-20(28-22)10-7-15-33-19-8-4-3-5-9-19/h3-6,8-9,11,17-18H,12-16H2,1-2H3,(H2,25,26,27,28,29)/b11-6+/t18-/m1/s1. The Hall–Kier alpha value is -3.90. The lowest BCUT2D eigenvalue weighted by Gasteiger charge is -2.16. The number of para-hydroxylation sites is 1. The number of anilines is 1. The van der Waals surface area contributed by atoms with Crippen LogP contribution in [-0.2, 0) is 4.79 Å². The number of carbonyl (C=O) groups is 1. The van der Waals surface area contributed by atoms with Gasteiger partial charge in [0, 0.05) is 31.8 Å². The number of hydrogen-bond acceptors (Lipinski definition) is 7. The van der Waals surface area contributed by atoms with Gasteiger partial charge in [-0.3, -0.25) is 4.79 Å². The van der Waals surface area contributed by atoms with Gasteiger partial charge in [0.15, 0.2) is 22.8 Å². The second-order valence-electron chi connectivity index (χ2n) is 7.99. The predicted octanol–water partition coefficient (Wildman–Crippen LogP) is 1.91. The van der Waals surface area contributed by atoms with Crippen molar-refractivity contribution in [2.45, 2.75) is 12.5 Å². The molecule has 170 valence electrons. The van der Waals surface area contributed by atoms with Gasteiger partial charge in [-0.25, -0.2) is 15.0 Å². The summed E-state index contributed by atoms with van der Waals surface area (Å²) in [5, 5.41) is 3.41. The van der Waals surface area contributed by atoms with Gasteiger partial charge in [-0.05, 0) is 38.6 Å². The number of aromatic amines is 1. The van der Waals surface area contributed by atoms with Crippen LogP contribution in [0.25, 0.3) is 11.2 Å². The Morgan fingerprint density at radius 1 is 1.33 bits per heavy atom. The average molecular weight is 446 g/mol. The zero-order valence-corrected chi connectivity index (χ0v) is 18.8. The molecule has 1 atom stereocenters. The maximum atomic E-state index is 12.4. The molecule has 9 heteroatoms. The predicted molar refractivity (Wildman–Crippen MR) is 127 cm³/mol. The largest absolute Gasteiger partial charge is 0.481 e. The van der Waals surface area contributed by atoms with Crippen LogP contribution in [0.2, 0.25) is 0 Å². The first kappa shape index (κ1) is 22.3. The highest BCUT2D eigenvalue weighted by atomic mass is 16.5. The van der Waals surface area contributed by atoms with Gasteiger partial charge < -0.3 is 24.8 Å². The summed E-state index contributed by atoms with van der Waals surface area (Å²) in [6, 6.07) is 9.62. The molecule has 1 amide bonds. The van der Waals surface area contributed by atoms with Gasteiger partial charge in [0.25, 0.3) is 0 Å². The summed E-state index contributed by atoms with van der Waals surface area (Å²) in [6.45, 7) is 2.32. The van der Waals surface area contributed by atoms with Crippen LogP contribution in [0.1, 0.15) is 12.2 Å². The molecule has 0 radical (unpaired) electrons. The van der Waals surface area contributed by atoms with E-state index in [9.17, 15) is 4.79 Å². The maximum Gasteiger partial charge on any atom is 0.246 e. The maximum absolute atomic E-state index is 12.4. The van der Waals surface area contributed by atoms with E-state index in [2.05, 4.69) is 37.1 Å². The van der Waals surface area contributed by atoms with Crippen molar-refractivity contribution in [3.8, 4) is 17.6 Å². The Balaban J connectivity index is 1.36. The highest BCUT2D eigenvalue weighted by Gasteiger charge is 2.26. The molecule has 0 saturated carbocycles. The second kappa shape index (κ2) is 10.6. The summed E-state index contributed by atoms with van der Waals surface area (Å²) in [6.07, 6.45) is 5.85. The molecule has 0 unspecified atom stereocenters. The number of imidazole rings is 1. The first-order valence-corrected chi connectivity index (χ1v) is 10.8. The van der Waals surface area contributed by atoms with Crippen molar-refractivity contribution in [3.63, 3.8) is 0 Å². The van der Waals surface area contributed by atoms with Gasteiger partial charge in [0.1, 0.15) is 18.7 Å². The molecular formula is C24H27N7O2. The summed E-state index contributed by atoms with van der Waals surface area (Å²) in [5.41, 5.74) is 1.24. The Morgan fingerprint density at radius 2 is 2.18 bits per heavy atom. The number of amides is 1. The fraction of sp³-hybridized carbons (Fsp3) is 0.333. The Bertz CT molecular complexity index is 1180. The van der Waals surface area contributed by atoms with E-state index in [-0.39, 0.29) is 18.6 Å². The molecule has 3 heterocycles. The highest BCUT2D eigenvalue weighted by molar-refractivity contribution is 5.88. The van der Waals surface area contributed by atoms with Gasteiger partial charge in [-0.15, -0.1) is 0 Å². The monoisotopic (exact) mass is 445 g/mol. The van der Waals surface area contributed by atoms with Crippen molar-refractivity contribution >= 4 is 22.9 Å². The van der Waals surface area contributed by atoms with Crippen LogP contribution in [0.4, 0.5) is 5.82 Å². The molecule has 9 nitrogen and oxygen atoms in total. The Morgan fingerprint density at radius 3 is 3.00 bits per heavy atom. The number of nitrogens with zero attached hydrogens (tertiary/aromatic N) is 5. The number of hydrogen-bond donors (Lipinski definition) is 2. The minimum absolute atomic E-state index is 0.0315. The minimum Gasteiger partial charge on any atom is -0.481 e. The van der Waals surface area contributed by atoms with Gasteiger partial charge in [-0.2, -0.15) is 0 Å². The van der Waals surface area contributed by atoms with Crippen LogP contribution in [-0.4, -0.2) is 82.0 Å². The smallest absolute Gasteiger partial charge is 0.246 e. The number of aromatic nitrogens is 4. The number of nitrogens with one attached hydrogen (secondary N) is 2. The number of rotatable bonds is 7. The number of likely N-dealkylation sites (N-methyl/N-ethyl adjacent to an activating group) is 1. The number of likely N-dealkylation sites (tertiary alicyclic amines) is 1. The van der Waals surface area contributed by atoms with Crippen LogP contribution < -0.4 is 10.1 Å². The molecule has 1 fully saturated rings. The van der Waals surface area contributed by atoms with Crippen LogP contribution >= 0.6 is 0 Å². The Labute approximate surface area is 192 Å². The fourth-order valence-electron chi connectivity index (χ4n) is 3.49. The van der Waals surface area contributed by atoms with E-state index >= 15 is 0 Å². The first-order valence-electron chi connectivity index (χ1n) is 10.8. The number of H-pyrrole nitrogens is 1. The SMILES string of the molecule is CN(C)C/C=C/C(=O)N1CC[C@@H](Nc2ncnc3[nH]c(C#CCOc4ccccc4)nc23)C1. The molecule has 1 aliphatic rings. The number of fused-ring (bicyclic) bond motifs is 1. The first-order chi connectivity index (χ1) is 16.1. The number of carbonyl (C=O) groups excluding carboxylic acids is 1. The summed E-state index contributed by atoms with van der Waals surface area (Å²) in [5.74, 6) is 7.86. The molecule has 1 aromatic carbocycles. The summed E-state index contributed by atoms with van der Waals surface area (Å²) in [4.78, 5) is 32.5. The summed E-state index contributed by atoms with van der Waals surface area (Å²) >= 11 is 0. The summed E-state index contributed by atoms with van der Waals surface area (Å²) in [7, 11) is 3.94. The van der Waals surface area contributed by atoms with Crippen molar-refractivity contribution in [3.05, 3.63) is 54.6 Å². The lowest BCUT2D eigenvalue weighted by molar-refractivity contribution is -0.125. The lowest BCUT2D eigenvalue weighted by atomic mass is 10.2. The lowest BCUT2D eigenvalue weighted by Crippen LogP contribution is -2.30. The molecular weight excluding hydrogens is 418 g/mol. The van der Waals surface area contributed by atoms with Crippen molar-refractivity contribution in [2.24, 2.45) is 0 Å². The molecule has 4 rings (SSSR count). The van der Waals surface area contributed by atoms with E-state index in [4.69, 9.17) is 4.74 Å². The van der Waals surface area contributed by atoms with Gasteiger partial charge in [0.05, 0.1) is 0 Å². The molecule has 1 saturated heterocycles. The van der Waals surface area contributed by atoms with E-state index in [1.54, 1.807) is 6.08 Å². The Kier molecular flexibility index (Phi) is 7.17. The highest BCUT2D eigenvalue weighted by Crippen LogP contribution is 2.20. The van der Waals surface area contributed by atoms with E-state index in [0.29, 0.717) is 35.9 Å². The van der Waals surface area contributed by atoms with Crippen molar-refractivity contribution in [1.82, 2.24) is 29.7 Å². The van der Waals surface area contributed by atoms with Gasteiger partial charge >= 0.3 is 0 Å². The van der Waals surface area contributed by atoms with E-state index in [0.717, 1.165) is 18.7 Å². The molecule has 33 heavy (non-hydrogen) atoms. The summed E-state index contributed by atoms with van der Waals surface area (Å²) < 4.78 is 5.58. The third-order valence-electron chi connectivity index (χ3n) is 5.12. The fourth-order valence-corrected chi connectivity index (χ4v) is 3.49. The zero-order valence-electron chi connectivity index (χ0n) is 18.8. The molecule has 0 aliphatic carbocycles. The van der Waals surface area contributed by atoms with Crippen LogP contribution in [0, 0.1) is 11.8 Å². The number of benzene rings is 1. The second-order valence-corrected chi connectivity index (χ2v) is 7.99. The quantitative estimate of drug-likeness (QED) is 0.423. The van der Waals surface area contributed by atoms with E-state index in [1.807, 2.05) is 60.3 Å². The third-order valence-corrected chi connectivity index (χ3v) is 5.12. The minimum atomic E-state index is 0.0315. The van der Waals surface area contributed by atoms with Crippen molar-refractivity contribution in [2.75, 3.05) is 45.7 Å². The molecule has 3 aromatic rings. The van der Waals surface area contributed by atoms with Gasteiger partial charge in [-0.1, -0.05) is 30.2 Å².